The van der Waals surface area contributed by atoms with Gasteiger partial charge in [-0.15, -0.1) is 0 Å². The summed E-state index contributed by atoms with van der Waals surface area (Å²) in [6.45, 7) is 4.22. The number of nitrogens with one attached hydrogen (secondary N) is 2. The molecule has 2 aliphatic heterocycles. The fourth-order valence-electron chi connectivity index (χ4n) is 6.36. The number of halogens is 1. The van der Waals surface area contributed by atoms with Gasteiger partial charge in [0.1, 0.15) is 5.69 Å². The van der Waals surface area contributed by atoms with Gasteiger partial charge in [0, 0.05) is 60.6 Å². The number of unbranched alkanes of at least 4 members (excludes halogenated alkanes) is 1. The van der Waals surface area contributed by atoms with E-state index in [2.05, 4.69) is 27.4 Å². The maximum Gasteiger partial charge on any atom is 0.409 e. The number of aromatic amines is 1. The quantitative estimate of drug-likeness (QED) is 0.480. The van der Waals surface area contributed by atoms with Crippen molar-refractivity contribution in [1.29, 1.82) is 0 Å². The molecule has 0 bridgehead atoms. The van der Waals surface area contributed by atoms with Crippen LogP contribution < -0.4 is 10.1 Å². The van der Waals surface area contributed by atoms with Crippen molar-refractivity contribution in [2.75, 3.05) is 33.4 Å². The van der Waals surface area contributed by atoms with E-state index in [1.54, 1.807) is 11.0 Å². The molecule has 2 aromatic rings. The van der Waals surface area contributed by atoms with E-state index in [0.29, 0.717) is 56.6 Å². The van der Waals surface area contributed by atoms with Gasteiger partial charge in [-0.1, -0.05) is 13.3 Å². The first kappa shape index (κ1) is 26.5. The number of carbonyl (C=O) groups excluding carboxylic acids is 3. The molecular weight excluding hydrogens is 519 g/mol. The Hall–Kier alpha value is -3.70. The molecule has 0 radical (unpaired) electrons. The Kier molecular flexibility index (Phi) is 6.87. The van der Waals surface area contributed by atoms with Crippen molar-refractivity contribution in [3.05, 3.63) is 29.8 Å². The third kappa shape index (κ3) is 4.88. The predicted octanol–water partition coefficient (Wildman–Crippen LogP) is 2.99. The molecule has 2 aromatic heterocycles. The number of hydrogen-bond donors (Lipinski definition) is 2. The first-order valence-corrected chi connectivity index (χ1v) is 14.1. The number of pyridine rings is 1. The zero-order valence-electron chi connectivity index (χ0n) is 22.8. The van der Waals surface area contributed by atoms with Crippen LogP contribution in [0, 0.1) is 23.6 Å². The Morgan fingerprint density at radius 1 is 1.23 bits per heavy atom. The van der Waals surface area contributed by atoms with E-state index < -0.39 is 5.82 Å². The van der Waals surface area contributed by atoms with Crippen molar-refractivity contribution in [3.8, 4) is 17.1 Å². The lowest BCUT2D eigenvalue weighted by Gasteiger charge is -2.39. The molecule has 3 atom stereocenters. The number of likely N-dealkylation sites (tertiary alicyclic amines) is 2. The fourth-order valence-corrected chi connectivity index (χ4v) is 6.36. The second-order valence-electron chi connectivity index (χ2n) is 11.5. The first-order chi connectivity index (χ1) is 19.3. The third-order valence-corrected chi connectivity index (χ3v) is 8.95. The summed E-state index contributed by atoms with van der Waals surface area (Å²) in [5.74, 6) is -0.0329. The molecule has 4 heterocycles. The number of H-pyrrole nitrogens is 1. The highest BCUT2D eigenvalue weighted by Gasteiger charge is 2.59. The molecule has 0 aromatic carbocycles. The van der Waals surface area contributed by atoms with Crippen molar-refractivity contribution in [2.24, 2.45) is 17.8 Å². The molecule has 3 amide bonds. The van der Waals surface area contributed by atoms with Gasteiger partial charge in [0.2, 0.25) is 11.8 Å². The smallest absolute Gasteiger partial charge is 0.409 e. The van der Waals surface area contributed by atoms with Crippen LogP contribution in [0.3, 0.4) is 0 Å². The Balaban J connectivity index is 1.03. The maximum absolute atomic E-state index is 14.4. The van der Waals surface area contributed by atoms with Crippen LogP contribution in [0.5, 0.6) is 5.88 Å². The molecule has 40 heavy (non-hydrogen) atoms. The number of piperidine rings is 2. The minimum absolute atomic E-state index is 0.0424. The van der Waals surface area contributed by atoms with Crippen LogP contribution in [0.2, 0.25) is 0 Å². The monoisotopic (exact) mass is 554 g/mol. The highest BCUT2D eigenvalue weighted by molar-refractivity contribution is 5.94. The number of rotatable bonds is 8. The van der Waals surface area contributed by atoms with Crippen LogP contribution >= 0.6 is 0 Å². The van der Waals surface area contributed by atoms with Crippen molar-refractivity contribution >= 4 is 17.9 Å². The molecule has 2 N–H and O–H groups in total. The molecule has 2 saturated carbocycles. The number of fused-ring (bicyclic) bond motifs is 1. The van der Waals surface area contributed by atoms with Gasteiger partial charge in [-0.25, -0.2) is 14.2 Å². The molecule has 2 saturated heterocycles. The normalized spacial score (nSPS) is 25.9. The number of carbonyl (C=O) groups is 3. The second-order valence-corrected chi connectivity index (χ2v) is 11.5. The van der Waals surface area contributed by atoms with Crippen molar-refractivity contribution in [2.45, 2.75) is 57.0 Å². The molecule has 1 spiro atoms. The number of methoxy groups -OCH3 is 1. The molecule has 2 unspecified atom stereocenters. The molecule has 12 heteroatoms. The predicted molar refractivity (Wildman–Crippen MR) is 141 cm³/mol. The van der Waals surface area contributed by atoms with Crippen LogP contribution in [-0.4, -0.2) is 87.8 Å². The summed E-state index contributed by atoms with van der Waals surface area (Å²) in [6, 6.07) is 3.10. The number of nitrogens with zero attached hydrogens (tertiary/aromatic N) is 4. The Bertz CT molecular complexity index is 1300. The summed E-state index contributed by atoms with van der Waals surface area (Å²) in [5.41, 5.74) is 0.443. The van der Waals surface area contributed by atoms with Gasteiger partial charge in [-0.3, -0.25) is 14.7 Å². The molecule has 4 aliphatic rings. The summed E-state index contributed by atoms with van der Waals surface area (Å²) in [5, 5.41) is 10.1. The largest absolute Gasteiger partial charge is 0.481 e. The minimum atomic E-state index is -0.559. The lowest BCUT2D eigenvalue weighted by atomic mass is 9.88. The van der Waals surface area contributed by atoms with E-state index in [4.69, 9.17) is 9.47 Å². The van der Waals surface area contributed by atoms with E-state index in [-0.39, 0.29) is 52.5 Å². The second kappa shape index (κ2) is 10.4. The zero-order chi connectivity index (χ0) is 28.0. The van der Waals surface area contributed by atoms with Gasteiger partial charge in [-0.05, 0) is 38.2 Å². The summed E-state index contributed by atoms with van der Waals surface area (Å²) >= 11 is 0. The standard InChI is InChI=1S/C28H35FN6O5/c1-3-4-9-40-27(38)34-14-18-19(15-34)24(18)31-25(36)16-5-8-35(28(12-16)6-7-28)26(37)22-11-21(32-33-22)17-10-23(39-2)30-13-20(17)29/h10-11,13,16,18-19,24H,3-9,12,14-15H2,1-2H3,(H,31,36)(H,32,33)/t16-,18?,19?,24?/m0/s1. The van der Waals surface area contributed by atoms with Gasteiger partial charge in [0.05, 0.1) is 25.6 Å². The molecule has 11 nitrogen and oxygen atoms in total. The van der Waals surface area contributed by atoms with E-state index in [1.807, 2.05) is 4.90 Å². The Morgan fingerprint density at radius 2 is 2.00 bits per heavy atom. The van der Waals surface area contributed by atoms with Gasteiger partial charge >= 0.3 is 6.09 Å². The summed E-state index contributed by atoms with van der Waals surface area (Å²) in [7, 11) is 1.44. The maximum atomic E-state index is 14.4. The highest BCUT2D eigenvalue weighted by atomic mass is 19.1. The van der Waals surface area contributed by atoms with Crippen LogP contribution in [0.25, 0.3) is 11.3 Å². The molecular formula is C28H35FN6O5. The van der Waals surface area contributed by atoms with Crippen molar-refractivity contribution in [3.63, 3.8) is 0 Å². The number of aromatic nitrogens is 3. The molecule has 214 valence electrons. The van der Waals surface area contributed by atoms with Crippen molar-refractivity contribution in [1.82, 2.24) is 30.3 Å². The van der Waals surface area contributed by atoms with Crippen LogP contribution in [0.4, 0.5) is 9.18 Å². The van der Waals surface area contributed by atoms with E-state index >= 15 is 0 Å². The van der Waals surface area contributed by atoms with E-state index in [1.165, 1.54) is 13.2 Å². The number of hydrogen-bond acceptors (Lipinski definition) is 7. The average Bonchev–Trinajstić information content (AvgIpc) is 3.67. The minimum Gasteiger partial charge on any atom is -0.481 e. The van der Waals surface area contributed by atoms with Gasteiger partial charge < -0.3 is 24.6 Å². The van der Waals surface area contributed by atoms with Crippen LogP contribution in [-0.2, 0) is 9.53 Å². The fraction of sp³-hybridized carbons (Fsp3) is 0.607. The van der Waals surface area contributed by atoms with Crippen LogP contribution in [0.15, 0.2) is 18.3 Å². The van der Waals surface area contributed by atoms with Gasteiger partial charge in [0.15, 0.2) is 5.82 Å². The number of ether oxygens (including phenoxy) is 2. The average molecular weight is 555 g/mol. The first-order valence-electron chi connectivity index (χ1n) is 14.1. The lowest BCUT2D eigenvalue weighted by Crippen LogP contribution is -2.51. The van der Waals surface area contributed by atoms with E-state index in [9.17, 15) is 18.8 Å². The zero-order valence-corrected chi connectivity index (χ0v) is 22.8. The number of amides is 3. The molecule has 4 fully saturated rings. The van der Waals surface area contributed by atoms with Crippen molar-refractivity contribution < 1.29 is 28.2 Å². The topological polar surface area (TPSA) is 130 Å². The SMILES string of the molecule is CCCCOC(=O)N1CC2C(C1)C2NC(=O)[C@H]1CCN(C(=O)c2cc(-c3cc(OC)ncc3F)n[nH]2)C2(CC2)C1. The lowest BCUT2D eigenvalue weighted by molar-refractivity contribution is -0.127. The van der Waals surface area contributed by atoms with Gasteiger partial charge in [-0.2, -0.15) is 5.10 Å². The van der Waals surface area contributed by atoms with Gasteiger partial charge in [0.25, 0.3) is 5.91 Å². The third-order valence-electron chi connectivity index (χ3n) is 8.95. The molecule has 6 rings (SSSR count). The Labute approximate surface area is 231 Å². The Morgan fingerprint density at radius 3 is 2.70 bits per heavy atom. The van der Waals surface area contributed by atoms with E-state index in [0.717, 1.165) is 31.9 Å². The summed E-state index contributed by atoms with van der Waals surface area (Å²) in [6.07, 6.45) is 5.55. The molecule has 2 aliphatic carbocycles. The summed E-state index contributed by atoms with van der Waals surface area (Å²) < 4.78 is 24.8. The highest BCUT2D eigenvalue weighted by Crippen LogP contribution is 2.51. The van der Waals surface area contributed by atoms with Crippen LogP contribution in [0.1, 0.15) is 55.9 Å². The summed E-state index contributed by atoms with van der Waals surface area (Å²) in [4.78, 5) is 46.3.